The van der Waals surface area contributed by atoms with E-state index >= 15 is 0 Å². The summed E-state index contributed by atoms with van der Waals surface area (Å²) in [6, 6.07) is 7.86. The van der Waals surface area contributed by atoms with E-state index in [0.29, 0.717) is 5.82 Å². The molecule has 0 amide bonds. The first kappa shape index (κ1) is 12.6. The lowest BCUT2D eigenvalue weighted by atomic mass is 10.4. The van der Waals surface area contributed by atoms with Crippen molar-refractivity contribution in [3.8, 4) is 11.9 Å². The summed E-state index contributed by atoms with van der Waals surface area (Å²) in [5, 5.41) is 21.9. The van der Waals surface area contributed by atoms with Gasteiger partial charge in [-0.3, -0.25) is 0 Å². The molecule has 6 heteroatoms. The van der Waals surface area contributed by atoms with Crippen molar-refractivity contribution in [3.05, 3.63) is 29.6 Å². The summed E-state index contributed by atoms with van der Waals surface area (Å²) in [5.41, 5.74) is 1.97. The molecule has 2 aromatic rings. The van der Waals surface area contributed by atoms with Crippen molar-refractivity contribution in [3.63, 3.8) is 0 Å². The molecule has 0 aliphatic rings. The van der Waals surface area contributed by atoms with Gasteiger partial charge < -0.3 is 0 Å². The van der Waals surface area contributed by atoms with Crippen LogP contribution in [0, 0.1) is 25.2 Å². The van der Waals surface area contributed by atoms with E-state index in [4.69, 9.17) is 5.26 Å². The average molecular weight is 259 g/mol. The minimum atomic E-state index is -0.126. The van der Waals surface area contributed by atoms with Crippen LogP contribution in [-0.2, 0) is 0 Å². The lowest BCUT2D eigenvalue weighted by Crippen LogP contribution is -2.03. The van der Waals surface area contributed by atoms with Crippen LogP contribution >= 0.6 is 11.8 Å². The number of aromatic nitrogens is 4. The van der Waals surface area contributed by atoms with Gasteiger partial charge in [-0.05, 0) is 39.0 Å². The van der Waals surface area contributed by atoms with Crippen molar-refractivity contribution in [2.45, 2.75) is 31.0 Å². The number of rotatable bonds is 3. The third-order valence-corrected chi connectivity index (χ3v) is 3.25. The van der Waals surface area contributed by atoms with E-state index in [-0.39, 0.29) is 5.25 Å². The Kier molecular flexibility index (Phi) is 3.63. The van der Waals surface area contributed by atoms with Crippen LogP contribution in [0.5, 0.6) is 0 Å². The topological polar surface area (TPSA) is 67.4 Å². The van der Waals surface area contributed by atoms with Crippen LogP contribution in [0.25, 0.3) is 5.82 Å². The maximum Gasteiger partial charge on any atom is 0.175 e. The molecule has 0 N–H and O–H groups in total. The molecule has 0 fully saturated rings. The second kappa shape index (κ2) is 5.19. The molecule has 2 rings (SSSR count). The Morgan fingerprint density at radius 2 is 2.11 bits per heavy atom. The van der Waals surface area contributed by atoms with Gasteiger partial charge in [0.25, 0.3) is 0 Å². The van der Waals surface area contributed by atoms with Crippen LogP contribution in [0.2, 0.25) is 0 Å². The molecule has 2 heterocycles. The molecule has 0 saturated heterocycles. The van der Waals surface area contributed by atoms with Gasteiger partial charge in [-0.15, -0.1) is 10.2 Å². The minimum absolute atomic E-state index is 0.126. The molecule has 2 aromatic heterocycles. The van der Waals surface area contributed by atoms with Crippen LogP contribution in [0.3, 0.4) is 0 Å². The number of hydrogen-bond acceptors (Lipinski definition) is 5. The summed E-state index contributed by atoms with van der Waals surface area (Å²) in [5.74, 6) is 0.689. The highest BCUT2D eigenvalue weighted by Gasteiger charge is 2.08. The highest BCUT2D eigenvalue weighted by atomic mass is 32.2. The van der Waals surface area contributed by atoms with Crippen LogP contribution in [0.1, 0.15) is 18.3 Å². The molecule has 0 spiro atoms. The number of nitriles is 1. The standard InChI is InChI=1S/C12H13N5S/c1-8-6-9(2)17(16-8)11-4-5-12(15-14-11)18-10(3)7-13/h4-6,10H,1-3H3/t10-/m0/s1. The Balaban J connectivity index is 2.23. The molecule has 92 valence electrons. The Labute approximate surface area is 110 Å². The van der Waals surface area contributed by atoms with Crippen molar-refractivity contribution in [1.29, 1.82) is 5.26 Å². The highest BCUT2D eigenvalue weighted by molar-refractivity contribution is 8.00. The first-order valence-electron chi connectivity index (χ1n) is 5.54. The van der Waals surface area contributed by atoms with Gasteiger partial charge in [0, 0.05) is 5.69 Å². The van der Waals surface area contributed by atoms with Crippen molar-refractivity contribution >= 4 is 11.8 Å². The predicted octanol–water partition coefficient (Wildman–Crippen LogP) is 2.28. The largest absolute Gasteiger partial charge is 0.218 e. The Hall–Kier alpha value is -1.87. The molecule has 0 aromatic carbocycles. The number of aryl methyl sites for hydroxylation is 2. The first-order chi connectivity index (χ1) is 8.60. The first-order valence-corrected chi connectivity index (χ1v) is 6.42. The maximum absolute atomic E-state index is 8.73. The van der Waals surface area contributed by atoms with Crippen molar-refractivity contribution < 1.29 is 0 Å². The molecular weight excluding hydrogens is 246 g/mol. The Morgan fingerprint density at radius 3 is 2.61 bits per heavy atom. The van der Waals surface area contributed by atoms with Gasteiger partial charge in [-0.2, -0.15) is 10.4 Å². The van der Waals surface area contributed by atoms with Crippen molar-refractivity contribution in [2.75, 3.05) is 0 Å². The molecule has 18 heavy (non-hydrogen) atoms. The summed E-state index contributed by atoms with van der Waals surface area (Å²) in [4.78, 5) is 0. The maximum atomic E-state index is 8.73. The zero-order chi connectivity index (χ0) is 13.1. The van der Waals surface area contributed by atoms with E-state index in [1.807, 2.05) is 39.0 Å². The van der Waals surface area contributed by atoms with Crippen LogP contribution in [-0.4, -0.2) is 25.2 Å². The molecular formula is C12H13N5S. The predicted molar refractivity (Wildman–Crippen MR) is 69.6 cm³/mol. The van der Waals surface area contributed by atoms with Gasteiger partial charge in [0.15, 0.2) is 5.82 Å². The van der Waals surface area contributed by atoms with E-state index in [0.717, 1.165) is 16.4 Å². The normalized spacial score (nSPS) is 12.1. The highest BCUT2D eigenvalue weighted by Crippen LogP contribution is 2.20. The quantitative estimate of drug-likeness (QED) is 0.791. The van der Waals surface area contributed by atoms with E-state index < -0.39 is 0 Å². The summed E-state index contributed by atoms with van der Waals surface area (Å²) in [6.07, 6.45) is 0. The van der Waals surface area contributed by atoms with Gasteiger partial charge in [0.2, 0.25) is 0 Å². The fourth-order valence-electron chi connectivity index (χ4n) is 1.56. The van der Waals surface area contributed by atoms with Crippen LogP contribution in [0.15, 0.2) is 23.2 Å². The number of nitrogens with zero attached hydrogens (tertiary/aromatic N) is 5. The van der Waals surface area contributed by atoms with Gasteiger partial charge >= 0.3 is 0 Å². The third kappa shape index (κ3) is 2.68. The second-order valence-electron chi connectivity index (χ2n) is 3.96. The monoisotopic (exact) mass is 259 g/mol. The summed E-state index contributed by atoms with van der Waals surface area (Å²) in [7, 11) is 0. The van der Waals surface area contributed by atoms with E-state index in [1.54, 1.807) is 4.68 Å². The summed E-state index contributed by atoms with van der Waals surface area (Å²) in [6.45, 7) is 5.75. The number of thioether (sulfide) groups is 1. The molecule has 0 unspecified atom stereocenters. The Morgan fingerprint density at radius 1 is 1.33 bits per heavy atom. The molecule has 0 aliphatic carbocycles. The zero-order valence-electron chi connectivity index (χ0n) is 10.5. The second-order valence-corrected chi connectivity index (χ2v) is 5.32. The average Bonchev–Trinajstić information content (AvgIpc) is 2.69. The van der Waals surface area contributed by atoms with Crippen LogP contribution in [0.4, 0.5) is 0 Å². The smallest absolute Gasteiger partial charge is 0.175 e. The van der Waals surface area contributed by atoms with Crippen LogP contribution < -0.4 is 0 Å². The third-order valence-electron chi connectivity index (χ3n) is 2.33. The molecule has 5 nitrogen and oxygen atoms in total. The van der Waals surface area contributed by atoms with Gasteiger partial charge in [0.05, 0.1) is 17.0 Å². The van der Waals surface area contributed by atoms with Gasteiger partial charge in [-0.25, -0.2) is 4.68 Å². The van der Waals surface area contributed by atoms with E-state index in [9.17, 15) is 0 Å². The summed E-state index contributed by atoms with van der Waals surface area (Å²) < 4.78 is 1.75. The van der Waals surface area contributed by atoms with Crippen molar-refractivity contribution in [1.82, 2.24) is 20.0 Å². The molecule has 1 atom stereocenters. The lowest BCUT2D eigenvalue weighted by molar-refractivity contribution is 0.765. The van der Waals surface area contributed by atoms with Gasteiger partial charge in [-0.1, -0.05) is 11.8 Å². The fourth-order valence-corrected chi connectivity index (χ4v) is 2.21. The molecule has 0 aliphatic heterocycles. The Bertz CT molecular complexity index is 582. The minimum Gasteiger partial charge on any atom is -0.218 e. The zero-order valence-corrected chi connectivity index (χ0v) is 11.3. The molecule has 0 bridgehead atoms. The van der Waals surface area contributed by atoms with E-state index in [2.05, 4.69) is 21.4 Å². The fraction of sp³-hybridized carbons (Fsp3) is 0.333. The molecule has 0 radical (unpaired) electrons. The SMILES string of the molecule is Cc1cc(C)n(-c2ccc(S[C@@H](C)C#N)nn2)n1. The number of hydrogen-bond donors (Lipinski definition) is 0. The van der Waals surface area contributed by atoms with E-state index in [1.165, 1.54) is 11.8 Å². The summed E-state index contributed by atoms with van der Waals surface area (Å²) >= 11 is 1.39. The van der Waals surface area contributed by atoms with Gasteiger partial charge in [0.1, 0.15) is 5.03 Å². The molecule has 0 saturated carbocycles. The van der Waals surface area contributed by atoms with Crippen molar-refractivity contribution in [2.24, 2.45) is 0 Å². The lowest BCUT2D eigenvalue weighted by Gasteiger charge is -2.04.